The lowest BCUT2D eigenvalue weighted by Gasteiger charge is -2.21. The maximum absolute atomic E-state index is 5.99. The van der Waals surface area contributed by atoms with Crippen LogP contribution >= 0.6 is 27.5 Å². The van der Waals surface area contributed by atoms with Gasteiger partial charge in [-0.1, -0.05) is 58.7 Å². The fraction of sp³-hybridized carbons (Fsp3) is 0.294. The Hall–Kier alpha value is -0.830. The molecule has 1 N–H and O–H groups in total. The zero-order valence-corrected chi connectivity index (χ0v) is 14.1. The van der Waals surface area contributed by atoms with Gasteiger partial charge in [0.1, 0.15) is 0 Å². The number of nitrogens with one attached hydrogen (secondary N) is 1. The molecule has 0 fully saturated rings. The minimum absolute atomic E-state index is 0.183. The van der Waals surface area contributed by atoms with E-state index < -0.39 is 0 Å². The van der Waals surface area contributed by atoms with Crippen LogP contribution in [0.25, 0.3) is 0 Å². The van der Waals surface area contributed by atoms with Gasteiger partial charge in [-0.2, -0.15) is 0 Å². The zero-order valence-electron chi connectivity index (χ0n) is 11.8. The second kappa shape index (κ2) is 7.26. The molecule has 0 heterocycles. The van der Waals surface area contributed by atoms with E-state index in [1.807, 2.05) is 12.1 Å². The molecule has 1 atom stereocenters. The van der Waals surface area contributed by atoms with E-state index in [4.69, 9.17) is 11.6 Å². The van der Waals surface area contributed by atoms with Crippen molar-refractivity contribution in [2.45, 2.75) is 26.3 Å². The van der Waals surface area contributed by atoms with Gasteiger partial charge in [-0.15, -0.1) is 0 Å². The van der Waals surface area contributed by atoms with Crippen molar-refractivity contribution in [1.82, 2.24) is 5.32 Å². The van der Waals surface area contributed by atoms with Crippen molar-refractivity contribution >= 4 is 27.5 Å². The summed E-state index contributed by atoms with van der Waals surface area (Å²) in [4.78, 5) is 0. The molecule has 20 heavy (non-hydrogen) atoms. The van der Waals surface area contributed by atoms with Gasteiger partial charge in [-0.3, -0.25) is 0 Å². The third kappa shape index (κ3) is 3.85. The molecule has 0 saturated carbocycles. The van der Waals surface area contributed by atoms with Crippen LogP contribution in [0, 0.1) is 6.92 Å². The molecule has 0 saturated heterocycles. The highest BCUT2D eigenvalue weighted by molar-refractivity contribution is 9.10. The van der Waals surface area contributed by atoms with E-state index in [0.29, 0.717) is 0 Å². The maximum atomic E-state index is 5.99. The maximum Gasteiger partial charge on any atom is 0.0587 e. The van der Waals surface area contributed by atoms with Crippen LogP contribution in [0.1, 0.15) is 36.1 Å². The minimum atomic E-state index is 0.183. The molecule has 1 unspecified atom stereocenters. The van der Waals surface area contributed by atoms with Crippen molar-refractivity contribution in [3.63, 3.8) is 0 Å². The monoisotopic (exact) mass is 351 g/mol. The number of benzene rings is 2. The Labute approximate surface area is 134 Å². The second-order valence-electron chi connectivity index (χ2n) is 4.96. The van der Waals surface area contributed by atoms with E-state index in [2.05, 4.69) is 65.4 Å². The average molecular weight is 353 g/mol. The Morgan fingerprint density at radius 2 is 1.85 bits per heavy atom. The summed E-state index contributed by atoms with van der Waals surface area (Å²) in [6, 6.07) is 14.7. The predicted molar refractivity (Wildman–Crippen MR) is 90.5 cm³/mol. The number of rotatable bonds is 5. The predicted octanol–water partition coefficient (Wildman–Crippen LogP) is 5.50. The molecular formula is C17H19BrClN. The van der Waals surface area contributed by atoms with Gasteiger partial charge in [-0.05, 0) is 54.8 Å². The Bertz CT molecular complexity index is 566. The van der Waals surface area contributed by atoms with E-state index in [1.165, 1.54) is 16.7 Å². The van der Waals surface area contributed by atoms with Crippen molar-refractivity contribution in [1.29, 1.82) is 0 Å². The molecule has 0 aliphatic heterocycles. The molecule has 0 aromatic heterocycles. The summed E-state index contributed by atoms with van der Waals surface area (Å²) in [5.41, 5.74) is 3.74. The Balaban J connectivity index is 2.38. The molecule has 0 amide bonds. The van der Waals surface area contributed by atoms with Crippen LogP contribution in [0.4, 0.5) is 0 Å². The molecule has 2 aromatic rings. The lowest BCUT2D eigenvalue weighted by Crippen LogP contribution is -2.23. The number of hydrogen-bond acceptors (Lipinski definition) is 1. The molecule has 106 valence electrons. The first kappa shape index (κ1) is 15.6. The molecule has 2 aromatic carbocycles. The van der Waals surface area contributed by atoms with E-state index in [-0.39, 0.29) is 6.04 Å². The quantitative estimate of drug-likeness (QED) is 0.749. The third-order valence-corrected chi connectivity index (χ3v) is 4.21. The van der Waals surface area contributed by atoms with Crippen molar-refractivity contribution < 1.29 is 0 Å². The number of halogens is 2. The van der Waals surface area contributed by atoms with Gasteiger partial charge in [-0.25, -0.2) is 0 Å². The molecule has 0 aliphatic rings. The van der Waals surface area contributed by atoms with Gasteiger partial charge in [0.05, 0.1) is 6.04 Å². The molecule has 0 bridgehead atoms. The van der Waals surface area contributed by atoms with Gasteiger partial charge in [0, 0.05) is 9.50 Å². The Kier molecular flexibility index (Phi) is 5.64. The largest absolute Gasteiger partial charge is 0.306 e. The van der Waals surface area contributed by atoms with Gasteiger partial charge in [0.25, 0.3) is 0 Å². The van der Waals surface area contributed by atoms with Crippen LogP contribution in [0.3, 0.4) is 0 Å². The summed E-state index contributed by atoms with van der Waals surface area (Å²) >= 11 is 9.67. The Morgan fingerprint density at radius 1 is 1.15 bits per heavy atom. The topological polar surface area (TPSA) is 12.0 Å². The summed E-state index contributed by atoms with van der Waals surface area (Å²) in [5.74, 6) is 0. The fourth-order valence-electron chi connectivity index (χ4n) is 2.22. The van der Waals surface area contributed by atoms with E-state index in [0.717, 1.165) is 22.5 Å². The van der Waals surface area contributed by atoms with E-state index in [9.17, 15) is 0 Å². The van der Waals surface area contributed by atoms with Crippen molar-refractivity contribution in [3.05, 3.63) is 68.7 Å². The fourth-order valence-corrected chi connectivity index (χ4v) is 3.07. The summed E-state index contributed by atoms with van der Waals surface area (Å²) < 4.78 is 1.14. The summed E-state index contributed by atoms with van der Waals surface area (Å²) in [6.45, 7) is 5.26. The van der Waals surface area contributed by atoms with Crippen molar-refractivity contribution in [2.75, 3.05) is 6.54 Å². The third-order valence-electron chi connectivity index (χ3n) is 3.27. The van der Waals surface area contributed by atoms with Gasteiger partial charge >= 0.3 is 0 Å². The molecule has 0 radical (unpaired) electrons. The van der Waals surface area contributed by atoms with Crippen LogP contribution in [0.5, 0.6) is 0 Å². The summed E-state index contributed by atoms with van der Waals surface area (Å²) in [6.07, 6.45) is 1.10. The highest BCUT2D eigenvalue weighted by atomic mass is 79.9. The first-order valence-corrected chi connectivity index (χ1v) is 8.04. The van der Waals surface area contributed by atoms with Gasteiger partial charge in [0.2, 0.25) is 0 Å². The van der Waals surface area contributed by atoms with E-state index in [1.54, 1.807) is 0 Å². The molecule has 0 aliphatic carbocycles. The lowest BCUT2D eigenvalue weighted by molar-refractivity contribution is 0.597. The number of hydrogen-bond donors (Lipinski definition) is 1. The van der Waals surface area contributed by atoms with Crippen LogP contribution in [-0.2, 0) is 0 Å². The van der Waals surface area contributed by atoms with Crippen LogP contribution in [0.2, 0.25) is 5.02 Å². The first-order valence-electron chi connectivity index (χ1n) is 6.86. The second-order valence-corrected chi connectivity index (χ2v) is 6.25. The average Bonchev–Trinajstić information content (AvgIpc) is 2.42. The molecule has 2 rings (SSSR count). The van der Waals surface area contributed by atoms with Crippen LogP contribution in [0.15, 0.2) is 46.9 Å². The molecule has 1 nitrogen and oxygen atoms in total. The van der Waals surface area contributed by atoms with E-state index >= 15 is 0 Å². The highest BCUT2D eigenvalue weighted by Crippen LogP contribution is 2.30. The molecule has 3 heteroatoms. The summed E-state index contributed by atoms with van der Waals surface area (Å²) in [7, 11) is 0. The normalized spacial score (nSPS) is 12.4. The van der Waals surface area contributed by atoms with Gasteiger partial charge in [0.15, 0.2) is 0 Å². The lowest BCUT2D eigenvalue weighted by atomic mass is 9.97. The summed E-state index contributed by atoms with van der Waals surface area (Å²) in [5, 5.41) is 4.38. The standard InChI is InChI=1S/C17H19BrClN/c1-3-10-20-17(13-5-7-14(19)8-6-13)15-9-4-12(2)11-16(15)18/h4-9,11,17,20H,3,10H2,1-2H3. The Morgan fingerprint density at radius 3 is 2.45 bits per heavy atom. The SMILES string of the molecule is CCCNC(c1ccc(Cl)cc1)c1ccc(C)cc1Br. The zero-order chi connectivity index (χ0) is 14.5. The molecule has 0 spiro atoms. The highest BCUT2D eigenvalue weighted by Gasteiger charge is 2.16. The van der Waals surface area contributed by atoms with Crippen molar-refractivity contribution in [3.8, 4) is 0 Å². The van der Waals surface area contributed by atoms with Crippen LogP contribution < -0.4 is 5.32 Å². The number of aryl methyl sites for hydroxylation is 1. The molecular weight excluding hydrogens is 334 g/mol. The first-order chi connectivity index (χ1) is 9.61. The minimum Gasteiger partial charge on any atom is -0.306 e. The van der Waals surface area contributed by atoms with Gasteiger partial charge < -0.3 is 5.32 Å². The van der Waals surface area contributed by atoms with Crippen molar-refractivity contribution in [2.24, 2.45) is 0 Å². The smallest absolute Gasteiger partial charge is 0.0587 e. The van der Waals surface area contributed by atoms with Crippen LogP contribution in [-0.4, -0.2) is 6.54 Å².